The number of pyridine rings is 1. The van der Waals surface area contributed by atoms with Crippen LogP contribution in [0.25, 0.3) is 0 Å². The van der Waals surface area contributed by atoms with Crippen LogP contribution in [-0.2, 0) is 17.1 Å². The third-order valence-electron chi connectivity index (χ3n) is 3.16. The van der Waals surface area contributed by atoms with Gasteiger partial charge in [0, 0.05) is 13.0 Å². The van der Waals surface area contributed by atoms with Crippen LogP contribution < -0.4 is 0 Å². The predicted molar refractivity (Wildman–Crippen MR) is 88.1 cm³/mol. The molecule has 0 atom stereocenters. The van der Waals surface area contributed by atoms with Crippen LogP contribution in [0.4, 0.5) is 4.79 Å². The highest BCUT2D eigenvalue weighted by Gasteiger charge is 2.45. The van der Waals surface area contributed by atoms with Crippen molar-refractivity contribution in [3.05, 3.63) is 28.0 Å². The quantitative estimate of drug-likeness (QED) is 0.558. The van der Waals surface area contributed by atoms with Gasteiger partial charge in [0.05, 0.1) is 11.3 Å². The molecule has 0 bridgehead atoms. The number of amides is 1. The van der Waals surface area contributed by atoms with Gasteiger partial charge in [-0.15, -0.1) is 0 Å². The normalized spacial score (nSPS) is 16.1. The fraction of sp³-hybridized carbons (Fsp3) is 0.625. The van der Waals surface area contributed by atoms with E-state index >= 15 is 0 Å². The maximum atomic E-state index is 12.2. The first-order valence-electron chi connectivity index (χ1n) is 7.64. The van der Waals surface area contributed by atoms with Gasteiger partial charge in [0.15, 0.2) is 0 Å². The van der Waals surface area contributed by atoms with Gasteiger partial charge in [-0.3, -0.25) is 4.90 Å². The summed E-state index contributed by atoms with van der Waals surface area (Å²) in [4.78, 5) is 17.2. The first-order valence-corrected chi connectivity index (χ1v) is 8.02. The third kappa shape index (κ3) is 4.34. The lowest BCUT2D eigenvalue weighted by molar-refractivity contribution is -0.267. The van der Waals surface area contributed by atoms with Crippen LogP contribution in [0.2, 0.25) is 5.15 Å². The van der Waals surface area contributed by atoms with Crippen LogP contribution in [0.15, 0.2) is 6.07 Å². The van der Waals surface area contributed by atoms with Crippen molar-refractivity contribution in [2.75, 3.05) is 6.54 Å². The van der Waals surface area contributed by atoms with Gasteiger partial charge in [0.2, 0.25) is 0 Å². The van der Waals surface area contributed by atoms with Crippen LogP contribution in [-0.4, -0.2) is 38.3 Å². The fourth-order valence-electron chi connectivity index (χ4n) is 2.38. The van der Waals surface area contributed by atoms with Gasteiger partial charge in [0.1, 0.15) is 10.8 Å². The van der Waals surface area contributed by atoms with Crippen LogP contribution in [0.3, 0.4) is 0 Å². The monoisotopic (exact) mass is 344 g/mol. The summed E-state index contributed by atoms with van der Waals surface area (Å²) in [7, 11) is 0. The van der Waals surface area contributed by atoms with Crippen molar-refractivity contribution >= 4 is 17.7 Å². The van der Waals surface area contributed by atoms with E-state index in [9.17, 15) is 15.0 Å². The van der Waals surface area contributed by atoms with Crippen LogP contribution in [0, 0.1) is 6.92 Å². The number of ether oxygens (including phenoxy) is 1. The second-order valence-corrected chi connectivity index (χ2v) is 6.49. The summed E-state index contributed by atoms with van der Waals surface area (Å²) in [5, 5.41) is 21.1. The average Bonchev–Trinajstić information content (AvgIpc) is 2.36. The van der Waals surface area contributed by atoms with Crippen molar-refractivity contribution in [3.8, 4) is 0 Å². The number of aryl methyl sites for hydroxylation is 1. The van der Waals surface area contributed by atoms with E-state index < -0.39 is 17.6 Å². The lowest BCUT2D eigenvalue weighted by Gasteiger charge is -2.40. The van der Waals surface area contributed by atoms with Gasteiger partial charge in [-0.2, -0.15) is 0 Å². The number of hydrogen-bond donors (Lipinski definition) is 2. The maximum Gasteiger partial charge on any atom is 0.414 e. The van der Waals surface area contributed by atoms with Gasteiger partial charge in [0.25, 0.3) is 5.91 Å². The molecule has 0 spiro atoms. The number of hydrogen-bond acceptors (Lipinski definition) is 5. The van der Waals surface area contributed by atoms with Crippen LogP contribution in [0.5, 0.6) is 0 Å². The molecule has 2 rings (SSSR count). The van der Waals surface area contributed by atoms with Crippen molar-refractivity contribution in [1.82, 2.24) is 9.88 Å². The summed E-state index contributed by atoms with van der Waals surface area (Å²) in [6.07, 6.45) is -0.411. The average molecular weight is 345 g/mol. The van der Waals surface area contributed by atoms with E-state index in [2.05, 4.69) is 4.98 Å². The number of carbonyl (C=O) groups is 1. The van der Waals surface area contributed by atoms with E-state index in [1.807, 2.05) is 13.8 Å². The largest absolute Gasteiger partial charge is 0.444 e. The molecule has 0 saturated heterocycles. The molecule has 0 radical (unpaired) electrons. The predicted octanol–water partition coefficient (Wildman–Crippen LogP) is 2.96. The fourth-order valence-corrected chi connectivity index (χ4v) is 2.64. The van der Waals surface area contributed by atoms with E-state index in [0.717, 1.165) is 4.90 Å². The minimum Gasteiger partial charge on any atom is -0.444 e. The van der Waals surface area contributed by atoms with Gasteiger partial charge in [-0.05, 0) is 39.3 Å². The molecular weight excluding hydrogens is 320 g/mol. The second kappa shape index (κ2) is 7.03. The molecule has 1 aliphatic heterocycles. The van der Waals surface area contributed by atoms with E-state index in [0.29, 0.717) is 17.7 Å². The molecule has 2 heterocycles. The van der Waals surface area contributed by atoms with Crippen molar-refractivity contribution in [2.24, 2.45) is 0 Å². The number of carbonyl (C=O) groups excluding carboxylic acids is 1. The molecule has 0 fully saturated rings. The highest BCUT2D eigenvalue weighted by molar-refractivity contribution is 6.29. The highest BCUT2D eigenvalue weighted by atomic mass is 35.5. The Hall–Kier alpha value is -1.37. The summed E-state index contributed by atoms with van der Waals surface area (Å²) < 4.78 is 5.21. The summed E-state index contributed by atoms with van der Waals surface area (Å²) in [5.74, 6) is -2.46. The summed E-state index contributed by atoms with van der Waals surface area (Å²) in [6.45, 7) is 10.9. The first kappa shape index (κ1) is 19.7. The topological polar surface area (TPSA) is 82.9 Å². The van der Waals surface area contributed by atoms with Gasteiger partial charge in [-0.1, -0.05) is 25.4 Å². The van der Waals surface area contributed by atoms with E-state index in [-0.39, 0.29) is 17.3 Å². The molecule has 7 heteroatoms. The zero-order valence-electron chi connectivity index (χ0n) is 14.5. The molecule has 130 valence electrons. The van der Waals surface area contributed by atoms with Crippen molar-refractivity contribution in [3.63, 3.8) is 0 Å². The molecule has 1 aromatic heterocycles. The highest BCUT2D eigenvalue weighted by Crippen LogP contribution is 2.34. The third-order valence-corrected chi connectivity index (χ3v) is 3.35. The molecule has 1 amide bonds. The Kier molecular flexibility index (Phi) is 6.01. The number of aliphatic hydroxyl groups is 2. The molecule has 0 unspecified atom stereocenters. The number of rotatable bonds is 0. The summed E-state index contributed by atoms with van der Waals surface area (Å²) >= 11 is 5.88. The minimum atomic E-state index is -2.46. The molecule has 2 N–H and O–H groups in total. The Morgan fingerprint density at radius 1 is 1.39 bits per heavy atom. The molecule has 0 aromatic carbocycles. The van der Waals surface area contributed by atoms with E-state index in [1.165, 1.54) is 6.07 Å². The first-order chi connectivity index (χ1) is 10.5. The zero-order chi connectivity index (χ0) is 18.0. The lowest BCUT2D eigenvalue weighted by atomic mass is 9.97. The summed E-state index contributed by atoms with van der Waals surface area (Å²) in [5.41, 5.74) is 0.498. The van der Waals surface area contributed by atoms with Gasteiger partial charge < -0.3 is 14.9 Å². The van der Waals surface area contributed by atoms with Gasteiger partial charge >= 0.3 is 6.09 Å². The van der Waals surface area contributed by atoms with E-state index in [1.54, 1.807) is 27.7 Å². The van der Waals surface area contributed by atoms with Crippen LogP contribution >= 0.6 is 11.6 Å². The molecule has 1 aromatic rings. The molecular formula is C16H25ClN2O4. The lowest BCUT2D eigenvalue weighted by Crippen LogP contribution is -2.55. The molecule has 6 nitrogen and oxygen atoms in total. The van der Waals surface area contributed by atoms with Crippen molar-refractivity contribution in [2.45, 2.75) is 59.5 Å². The number of fused-ring (bicyclic) bond motifs is 1. The minimum absolute atomic E-state index is 0.0850. The standard InChI is InChI=1S/C14H19ClN2O4.C2H6/c1-8-7-10(15)16-9-5-6-17(14(19,20)11(8)9)12(18)21-13(2,3)4;1-2/h7,19-20H,5-6H2,1-4H3;1-2H3. The van der Waals surface area contributed by atoms with E-state index in [4.69, 9.17) is 16.3 Å². The SMILES string of the molecule is CC.Cc1cc(Cl)nc2c1C(O)(O)N(C(=O)OC(C)(C)C)CC2. The Bertz CT molecular complexity index is 582. The number of aromatic nitrogens is 1. The Labute approximate surface area is 142 Å². The Morgan fingerprint density at radius 3 is 2.48 bits per heavy atom. The maximum absolute atomic E-state index is 12.2. The smallest absolute Gasteiger partial charge is 0.414 e. The molecule has 0 aliphatic carbocycles. The molecule has 0 saturated carbocycles. The van der Waals surface area contributed by atoms with Crippen molar-refractivity contribution in [1.29, 1.82) is 0 Å². The Balaban J connectivity index is 0.00000127. The number of nitrogens with zero attached hydrogens (tertiary/aromatic N) is 2. The number of halogens is 1. The Morgan fingerprint density at radius 2 is 1.96 bits per heavy atom. The van der Waals surface area contributed by atoms with Crippen molar-refractivity contribution < 1.29 is 19.7 Å². The summed E-state index contributed by atoms with van der Waals surface area (Å²) in [6, 6.07) is 1.53. The zero-order valence-corrected chi connectivity index (χ0v) is 15.2. The van der Waals surface area contributed by atoms with Crippen LogP contribution in [0.1, 0.15) is 51.4 Å². The second-order valence-electron chi connectivity index (χ2n) is 6.10. The molecule has 23 heavy (non-hydrogen) atoms. The molecule has 1 aliphatic rings. The van der Waals surface area contributed by atoms with Gasteiger partial charge in [-0.25, -0.2) is 9.78 Å².